The van der Waals surface area contributed by atoms with Gasteiger partial charge in [0, 0.05) is 10.5 Å². The fraction of sp³-hybridized carbons (Fsp3) is 0.200. The first-order chi connectivity index (χ1) is 8.04. The van der Waals surface area contributed by atoms with Crippen LogP contribution < -0.4 is 5.73 Å². The molecule has 0 saturated heterocycles. The van der Waals surface area contributed by atoms with E-state index in [1.54, 1.807) is 0 Å². The zero-order valence-electron chi connectivity index (χ0n) is 8.91. The third-order valence-electron chi connectivity index (χ3n) is 2.32. The summed E-state index contributed by atoms with van der Waals surface area (Å²) in [6.45, 7) is 1.85. The Morgan fingerprint density at radius 2 is 2.12 bits per heavy atom. The number of benzene rings is 1. The van der Waals surface area contributed by atoms with E-state index in [4.69, 9.17) is 5.73 Å². The van der Waals surface area contributed by atoms with Crippen molar-refractivity contribution in [2.45, 2.75) is 13.3 Å². The molecule has 0 radical (unpaired) electrons. The summed E-state index contributed by atoms with van der Waals surface area (Å²) in [5, 5.41) is 7.44. The summed E-state index contributed by atoms with van der Waals surface area (Å²) in [6.07, 6.45) is 0.544. The highest BCUT2D eigenvalue weighted by Crippen LogP contribution is 2.27. The summed E-state index contributed by atoms with van der Waals surface area (Å²) >= 11 is 3.10. The molecule has 1 aromatic carbocycles. The molecule has 0 spiro atoms. The standard InChI is InChI=1S/C10H9BrF2N4/c1-2-8-10(14)15-16-17(8)9-6(11)3-5(12)4-7(9)13/h3-4H,2,14H2,1H3. The number of anilines is 1. The molecule has 0 fully saturated rings. The number of rotatable bonds is 2. The molecule has 1 aromatic heterocycles. The van der Waals surface area contributed by atoms with Crippen LogP contribution in [0, 0.1) is 11.6 Å². The lowest BCUT2D eigenvalue weighted by Gasteiger charge is -2.08. The second-order valence-electron chi connectivity index (χ2n) is 3.40. The SMILES string of the molecule is CCc1c(N)nnn1-c1c(F)cc(F)cc1Br. The summed E-state index contributed by atoms with van der Waals surface area (Å²) in [4.78, 5) is 0. The Hall–Kier alpha value is -1.50. The van der Waals surface area contributed by atoms with Crippen LogP contribution in [0.5, 0.6) is 0 Å². The van der Waals surface area contributed by atoms with Gasteiger partial charge >= 0.3 is 0 Å². The maximum Gasteiger partial charge on any atom is 0.169 e. The van der Waals surface area contributed by atoms with Crippen LogP contribution in [0.25, 0.3) is 5.69 Å². The Bertz CT molecular complexity index is 544. The summed E-state index contributed by atoms with van der Waals surface area (Å²) in [5.41, 5.74) is 6.30. The first-order valence-corrected chi connectivity index (χ1v) is 5.68. The van der Waals surface area contributed by atoms with Gasteiger partial charge in [0.15, 0.2) is 11.6 Å². The van der Waals surface area contributed by atoms with Crippen LogP contribution in [0.2, 0.25) is 0 Å². The van der Waals surface area contributed by atoms with Crippen molar-refractivity contribution >= 4 is 21.7 Å². The summed E-state index contributed by atoms with van der Waals surface area (Å²) in [7, 11) is 0. The van der Waals surface area contributed by atoms with Gasteiger partial charge in [0.2, 0.25) is 0 Å². The fourth-order valence-corrected chi connectivity index (χ4v) is 2.14. The predicted molar refractivity (Wildman–Crippen MR) is 62.8 cm³/mol. The molecule has 2 N–H and O–H groups in total. The quantitative estimate of drug-likeness (QED) is 0.927. The maximum atomic E-state index is 13.7. The van der Waals surface area contributed by atoms with E-state index in [2.05, 4.69) is 26.2 Å². The molecule has 0 aliphatic rings. The highest BCUT2D eigenvalue weighted by atomic mass is 79.9. The average Bonchev–Trinajstić information content (AvgIpc) is 2.58. The minimum atomic E-state index is -0.725. The smallest absolute Gasteiger partial charge is 0.169 e. The molecular weight excluding hydrogens is 294 g/mol. The Kier molecular flexibility index (Phi) is 3.10. The van der Waals surface area contributed by atoms with E-state index in [1.807, 2.05) is 6.92 Å². The van der Waals surface area contributed by atoms with E-state index < -0.39 is 11.6 Å². The van der Waals surface area contributed by atoms with E-state index >= 15 is 0 Å². The van der Waals surface area contributed by atoms with Gasteiger partial charge in [0.1, 0.15) is 11.5 Å². The highest BCUT2D eigenvalue weighted by molar-refractivity contribution is 9.10. The van der Waals surface area contributed by atoms with Gasteiger partial charge in [-0.1, -0.05) is 12.1 Å². The van der Waals surface area contributed by atoms with Crippen molar-refractivity contribution in [3.63, 3.8) is 0 Å². The molecule has 0 atom stereocenters. The van der Waals surface area contributed by atoms with Crippen LogP contribution in [0.1, 0.15) is 12.6 Å². The van der Waals surface area contributed by atoms with Gasteiger partial charge in [-0.15, -0.1) is 5.10 Å². The van der Waals surface area contributed by atoms with Gasteiger partial charge < -0.3 is 5.73 Å². The normalized spacial score (nSPS) is 10.8. The third-order valence-corrected chi connectivity index (χ3v) is 2.93. The summed E-state index contributed by atoms with van der Waals surface area (Å²) < 4.78 is 28.2. The van der Waals surface area contributed by atoms with E-state index in [9.17, 15) is 8.78 Å². The molecule has 2 aromatic rings. The van der Waals surface area contributed by atoms with Crippen molar-refractivity contribution < 1.29 is 8.78 Å². The van der Waals surface area contributed by atoms with Gasteiger partial charge in [-0.2, -0.15) is 0 Å². The number of halogens is 3. The minimum Gasteiger partial charge on any atom is -0.381 e. The van der Waals surface area contributed by atoms with Crippen LogP contribution in [-0.2, 0) is 6.42 Å². The van der Waals surface area contributed by atoms with E-state index in [-0.39, 0.29) is 16.0 Å². The van der Waals surface area contributed by atoms with Gasteiger partial charge in [0.05, 0.1) is 5.69 Å². The number of hydrogen-bond donors (Lipinski definition) is 1. The van der Waals surface area contributed by atoms with Gasteiger partial charge in [-0.05, 0) is 28.4 Å². The lowest BCUT2D eigenvalue weighted by molar-refractivity contribution is 0.567. The van der Waals surface area contributed by atoms with Crippen molar-refractivity contribution in [3.8, 4) is 5.69 Å². The zero-order chi connectivity index (χ0) is 12.6. The number of aromatic nitrogens is 3. The molecule has 0 saturated carbocycles. The number of nitrogens with two attached hydrogens (primary N) is 1. The zero-order valence-corrected chi connectivity index (χ0v) is 10.5. The molecule has 0 aliphatic carbocycles. The van der Waals surface area contributed by atoms with Crippen LogP contribution in [0.15, 0.2) is 16.6 Å². The molecule has 0 bridgehead atoms. The average molecular weight is 303 g/mol. The number of hydrogen-bond acceptors (Lipinski definition) is 3. The molecule has 7 heteroatoms. The highest BCUT2D eigenvalue weighted by Gasteiger charge is 2.17. The Morgan fingerprint density at radius 3 is 2.71 bits per heavy atom. The van der Waals surface area contributed by atoms with Crippen molar-refractivity contribution in [1.29, 1.82) is 0 Å². The van der Waals surface area contributed by atoms with E-state index in [1.165, 1.54) is 4.68 Å². The molecule has 0 unspecified atom stereocenters. The topological polar surface area (TPSA) is 56.7 Å². The van der Waals surface area contributed by atoms with Crippen molar-refractivity contribution in [1.82, 2.24) is 15.0 Å². The molecule has 0 aliphatic heterocycles. The first-order valence-electron chi connectivity index (χ1n) is 4.89. The Labute approximate surface area is 105 Å². The largest absolute Gasteiger partial charge is 0.381 e. The van der Waals surface area contributed by atoms with Crippen LogP contribution in [-0.4, -0.2) is 15.0 Å². The molecular formula is C10H9BrF2N4. The second-order valence-corrected chi connectivity index (χ2v) is 4.26. The number of nitrogen functional groups attached to an aromatic ring is 1. The third kappa shape index (κ3) is 2.02. The van der Waals surface area contributed by atoms with Gasteiger partial charge in [-0.25, -0.2) is 13.5 Å². The Morgan fingerprint density at radius 1 is 1.41 bits per heavy atom. The van der Waals surface area contributed by atoms with Crippen LogP contribution in [0.4, 0.5) is 14.6 Å². The van der Waals surface area contributed by atoms with E-state index in [0.29, 0.717) is 12.1 Å². The van der Waals surface area contributed by atoms with E-state index in [0.717, 1.165) is 12.1 Å². The molecule has 17 heavy (non-hydrogen) atoms. The second kappa shape index (κ2) is 4.40. The fourth-order valence-electron chi connectivity index (χ4n) is 1.56. The molecule has 0 amide bonds. The van der Waals surface area contributed by atoms with Crippen LogP contribution in [0.3, 0.4) is 0 Å². The minimum absolute atomic E-state index is 0.104. The molecule has 4 nitrogen and oxygen atoms in total. The predicted octanol–water partition coefficient (Wildman–Crippen LogP) is 2.45. The van der Waals surface area contributed by atoms with Crippen LogP contribution >= 0.6 is 15.9 Å². The molecule has 2 rings (SSSR count). The first kappa shape index (κ1) is 12.0. The molecule has 1 heterocycles. The van der Waals surface area contributed by atoms with Gasteiger partial charge in [0.25, 0.3) is 0 Å². The summed E-state index contributed by atoms with van der Waals surface area (Å²) in [6, 6.07) is 1.95. The van der Waals surface area contributed by atoms with Crippen molar-refractivity contribution in [2.24, 2.45) is 0 Å². The maximum absolute atomic E-state index is 13.7. The number of nitrogens with zero attached hydrogens (tertiary/aromatic N) is 3. The monoisotopic (exact) mass is 302 g/mol. The summed E-state index contributed by atoms with van der Waals surface area (Å²) in [5.74, 6) is -1.15. The lowest BCUT2D eigenvalue weighted by atomic mass is 10.2. The van der Waals surface area contributed by atoms with Gasteiger partial charge in [-0.3, -0.25) is 0 Å². The van der Waals surface area contributed by atoms with Crippen molar-refractivity contribution in [2.75, 3.05) is 5.73 Å². The molecule has 90 valence electrons. The Balaban J connectivity index is 2.68. The van der Waals surface area contributed by atoms with Crippen molar-refractivity contribution in [3.05, 3.63) is 33.9 Å². The lowest BCUT2D eigenvalue weighted by Crippen LogP contribution is -2.06.